The maximum absolute atomic E-state index is 11.6. The highest BCUT2D eigenvalue weighted by Crippen LogP contribution is 2.24. The average Bonchev–Trinajstić information content (AvgIpc) is 2.38. The van der Waals surface area contributed by atoms with Gasteiger partial charge in [0, 0.05) is 31.9 Å². The van der Waals surface area contributed by atoms with Gasteiger partial charge in [-0.15, -0.1) is 0 Å². The van der Waals surface area contributed by atoms with Crippen molar-refractivity contribution in [2.45, 2.75) is 13.5 Å². The second-order valence-corrected chi connectivity index (χ2v) is 4.01. The van der Waals surface area contributed by atoms with Gasteiger partial charge in [0.15, 0.2) is 0 Å². The number of likely N-dealkylation sites (N-methyl/N-ethyl adjacent to an activating group) is 2. The first-order valence-electron chi connectivity index (χ1n) is 5.97. The summed E-state index contributed by atoms with van der Waals surface area (Å²) in [5.74, 6) is 0.746. The highest BCUT2D eigenvalue weighted by Gasteiger charge is 2.11. The zero-order valence-electron chi connectivity index (χ0n) is 11.2. The molecular formula is C13H21N3O2. The second kappa shape index (κ2) is 6.86. The molecule has 1 aromatic carbocycles. The Labute approximate surface area is 108 Å². The summed E-state index contributed by atoms with van der Waals surface area (Å²) < 4.78 is 5.19. The van der Waals surface area contributed by atoms with Crippen molar-refractivity contribution < 1.29 is 9.53 Å². The molecule has 5 heteroatoms. The van der Waals surface area contributed by atoms with Crippen LogP contribution in [0.2, 0.25) is 0 Å². The van der Waals surface area contributed by atoms with Gasteiger partial charge < -0.3 is 20.7 Å². The van der Waals surface area contributed by atoms with Crippen LogP contribution in [-0.4, -0.2) is 33.2 Å². The number of ether oxygens (including phenoxy) is 1. The summed E-state index contributed by atoms with van der Waals surface area (Å²) in [7, 11) is 3.48. The van der Waals surface area contributed by atoms with Gasteiger partial charge in [-0.25, -0.2) is 0 Å². The highest BCUT2D eigenvalue weighted by atomic mass is 16.5. The molecule has 0 aliphatic heterocycles. The Bertz CT molecular complexity index is 407. The smallest absolute Gasteiger partial charge is 0.239 e. The Morgan fingerprint density at radius 2 is 2.22 bits per heavy atom. The minimum Gasteiger partial charge on any atom is -0.497 e. The third-order valence-electron chi connectivity index (χ3n) is 2.68. The van der Waals surface area contributed by atoms with Crippen LogP contribution >= 0.6 is 0 Å². The van der Waals surface area contributed by atoms with Gasteiger partial charge in [0.2, 0.25) is 5.91 Å². The van der Waals surface area contributed by atoms with E-state index in [1.807, 2.05) is 37.1 Å². The Hall–Kier alpha value is -1.75. The van der Waals surface area contributed by atoms with Crippen molar-refractivity contribution >= 4 is 11.6 Å². The Balaban J connectivity index is 2.88. The highest BCUT2D eigenvalue weighted by molar-refractivity contribution is 5.81. The largest absolute Gasteiger partial charge is 0.497 e. The monoisotopic (exact) mass is 251 g/mol. The lowest BCUT2D eigenvalue weighted by atomic mass is 10.1. The summed E-state index contributed by atoms with van der Waals surface area (Å²) in [6.45, 7) is 3.26. The van der Waals surface area contributed by atoms with Crippen LogP contribution in [0.1, 0.15) is 12.5 Å². The van der Waals surface area contributed by atoms with E-state index in [0.29, 0.717) is 19.6 Å². The first-order chi connectivity index (χ1) is 8.62. The third kappa shape index (κ3) is 3.63. The molecule has 0 fully saturated rings. The summed E-state index contributed by atoms with van der Waals surface area (Å²) >= 11 is 0. The number of carbonyl (C=O) groups excluding carboxylic acids is 1. The van der Waals surface area contributed by atoms with Gasteiger partial charge in [-0.1, -0.05) is 6.07 Å². The van der Waals surface area contributed by atoms with E-state index in [0.717, 1.165) is 17.0 Å². The van der Waals surface area contributed by atoms with Crippen molar-refractivity contribution in [3.8, 4) is 5.75 Å². The fourth-order valence-electron chi connectivity index (χ4n) is 1.75. The molecule has 100 valence electrons. The van der Waals surface area contributed by atoms with Gasteiger partial charge >= 0.3 is 0 Å². The summed E-state index contributed by atoms with van der Waals surface area (Å²) in [4.78, 5) is 13.4. The number of anilines is 1. The number of nitrogens with two attached hydrogens (primary N) is 1. The second-order valence-electron chi connectivity index (χ2n) is 4.01. The molecule has 1 amide bonds. The first kappa shape index (κ1) is 14.3. The molecule has 3 N–H and O–H groups in total. The van der Waals surface area contributed by atoms with E-state index in [-0.39, 0.29) is 5.91 Å². The van der Waals surface area contributed by atoms with E-state index < -0.39 is 0 Å². The van der Waals surface area contributed by atoms with Gasteiger partial charge in [0.1, 0.15) is 5.75 Å². The summed E-state index contributed by atoms with van der Waals surface area (Å²) in [6, 6.07) is 5.68. The zero-order valence-corrected chi connectivity index (χ0v) is 11.2. The Morgan fingerprint density at radius 1 is 1.50 bits per heavy atom. The number of benzene rings is 1. The fourth-order valence-corrected chi connectivity index (χ4v) is 1.75. The van der Waals surface area contributed by atoms with Crippen molar-refractivity contribution in [3.63, 3.8) is 0 Å². The Kier molecular flexibility index (Phi) is 5.45. The van der Waals surface area contributed by atoms with Crippen molar-refractivity contribution in [1.82, 2.24) is 5.32 Å². The predicted octanol–water partition coefficient (Wildman–Crippen LogP) is 0.726. The molecule has 0 radical (unpaired) electrons. The molecule has 0 spiro atoms. The molecule has 0 aliphatic carbocycles. The van der Waals surface area contributed by atoms with Crippen LogP contribution in [0.4, 0.5) is 5.69 Å². The lowest BCUT2D eigenvalue weighted by Crippen LogP contribution is -2.35. The molecule has 0 saturated heterocycles. The maximum Gasteiger partial charge on any atom is 0.239 e. The number of hydrogen-bond donors (Lipinski definition) is 2. The molecule has 0 heterocycles. The molecule has 0 bridgehead atoms. The number of methoxy groups -OCH3 is 1. The van der Waals surface area contributed by atoms with Crippen molar-refractivity contribution in [3.05, 3.63) is 23.8 Å². The minimum absolute atomic E-state index is 0.00853. The van der Waals surface area contributed by atoms with Crippen LogP contribution in [0.3, 0.4) is 0 Å². The van der Waals surface area contributed by atoms with E-state index in [1.165, 1.54) is 0 Å². The molecule has 0 aromatic heterocycles. The summed E-state index contributed by atoms with van der Waals surface area (Å²) in [5.41, 5.74) is 7.61. The van der Waals surface area contributed by atoms with Crippen molar-refractivity contribution in [2.24, 2.45) is 5.73 Å². The van der Waals surface area contributed by atoms with Gasteiger partial charge in [0.05, 0.1) is 13.7 Å². The average molecular weight is 251 g/mol. The zero-order chi connectivity index (χ0) is 13.5. The molecule has 5 nitrogen and oxygen atoms in total. The molecule has 0 unspecified atom stereocenters. The standard InChI is InChI=1S/C13H21N3O2/c1-4-15-13(17)9-16(2)12-7-11(18-3)6-5-10(12)8-14/h5-7H,4,8-9,14H2,1-3H3,(H,15,17). The van der Waals surface area contributed by atoms with Crippen LogP contribution in [-0.2, 0) is 11.3 Å². The SMILES string of the molecule is CCNC(=O)CN(C)c1cc(OC)ccc1CN. The lowest BCUT2D eigenvalue weighted by molar-refractivity contribution is -0.119. The normalized spacial score (nSPS) is 10.0. The van der Waals surface area contributed by atoms with Gasteiger partial charge in [-0.3, -0.25) is 4.79 Å². The van der Waals surface area contributed by atoms with Gasteiger partial charge in [0.25, 0.3) is 0 Å². The van der Waals surface area contributed by atoms with Crippen molar-refractivity contribution in [1.29, 1.82) is 0 Å². The number of nitrogens with one attached hydrogen (secondary N) is 1. The number of amides is 1. The number of rotatable bonds is 6. The van der Waals surface area contributed by atoms with E-state index in [9.17, 15) is 4.79 Å². The van der Waals surface area contributed by atoms with Crippen LogP contribution < -0.4 is 20.7 Å². The lowest BCUT2D eigenvalue weighted by Gasteiger charge is -2.22. The maximum atomic E-state index is 11.6. The number of nitrogens with zero attached hydrogens (tertiary/aromatic N) is 1. The van der Waals surface area contributed by atoms with Gasteiger partial charge in [-0.2, -0.15) is 0 Å². The molecule has 0 atom stereocenters. The molecule has 1 aromatic rings. The van der Waals surface area contributed by atoms with E-state index in [1.54, 1.807) is 7.11 Å². The van der Waals surface area contributed by atoms with E-state index in [4.69, 9.17) is 10.5 Å². The quantitative estimate of drug-likeness (QED) is 0.782. The van der Waals surface area contributed by atoms with Crippen LogP contribution in [0.25, 0.3) is 0 Å². The fraction of sp³-hybridized carbons (Fsp3) is 0.462. The molecular weight excluding hydrogens is 230 g/mol. The third-order valence-corrected chi connectivity index (χ3v) is 2.68. The first-order valence-corrected chi connectivity index (χ1v) is 5.97. The summed E-state index contributed by atoms with van der Waals surface area (Å²) in [6.07, 6.45) is 0. The van der Waals surface area contributed by atoms with E-state index in [2.05, 4.69) is 5.32 Å². The molecule has 18 heavy (non-hydrogen) atoms. The van der Waals surface area contributed by atoms with Crippen LogP contribution in [0.15, 0.2) is 18.2 Å². The molecule has 0 saturated carbocycles. The summed E-state index contributed by atoms with van der Waals surface area (Å²) in [5, 5.41) is 2.77. The molecule has 0 aliphatic rings. The van der Waals surface area contributed by atoms with Crippen LogP contribution in [0.5, 0.6) is 5.75 Å². The van der Waals surface area contributed by atoms with Crippen LogP contribution in [0, 0.1) is 0 Å². The topological polar surface area (TPSA) is 67.6 Å². The van der Waals surface area contributed by atoms with Crippen molar-refractivity contribution in [2.75, 3.05) is 32.1 Å². The molecule has 1 rings (SSSR count). The Morgan fingerprint density at radius 3 is 2.78 bits per heavy atom. The van der Waals surface area contributed by atoms with E-state index >= 15 is 0 Å². The number of hydrogen-bond acceptors (Lipinski definition) is 4. The predicted molar refractivity (Wildman–Crippen MR) is 72.8 cm³/mol. The van der Waals surface area contributed by atoms with Gasteiger partial charge in [-0.05, 0) is 18.6 Å². The minimum atomic E-state index is -0.00853. The number of carbonyl (C=O) groups is 1.